The van der Waals surface area contributed by atoms with Crippen LogP contribution in [0.5, 0.6) is 0 Å². The van der Waals surface area contributed by atoms with Gasteiger partial charge in [-0.3, -0.25) is 9.59 Å². The van der Waals surface area contributed by atoms with Crippen LogP contribution in [0.15, 0.2) is 24.3 Å². The highest BCUT2D eigenvalue weighted by molar-refractivity contribution is 6.29. The van der Waals surface area contributed by atoms with Crippen molar-refractivity contribution in [2.45, 2.75) is 13.3 Å². The molecule has 1 aromatic rings. The van der Waals surface area contributed by atoms with Crippen molar-refractivity contribution in [3.8, 4) is 0 Å². The van der Waals surface area contributed by atoms with Gasteiger partial charge in [0.25, 0.3) is 0 Å². The Morgan fingerprint density at radius 1 is 1.29 bits per heavy atom. The first-order chi connectivity index (χ1) is 8.15. The minimum Gasteiger partial charge on any atom is -0.466 e. The maximum Gasteiger partial charge on any atom is 0.310 e. The number of carbonyl (C=O) groups excluding carboxylic acids is 2. The van der Waals surface area contributed by atoms with Gasteiger partial charge in [-0.25, -0.2) is 0 Å². The second kappa shape index (κ2) is 6.91. The molecule has 0 fully saturated rings. The van der Waals surface area contributed by atoms with Gasteiger partial charge in [0.05, 0.1) is 13.0 Å². The zero-order chi connectivity index (χ0) is 12.7. The van der Waals surface area contributed by atoms with E-state index in [0.717, 1.165) is 5.56 Å². The summed E-state index contributed by atoms with van der Waals surface area (Å²) in [6, 6.07) is 6.97. The van der Waals surface area contributed by atoms with Gasteiger partial charge in [-0.2, -0.15) is 0 Å². The first kappa shape index (κ1) is 13.5. The molecule has 1 N–H and O–H groups in total. The number of hydrogen-bond donors (Lipinski definition) is 1. The van der Waals surface area contributed by atoms with Gasteiger partial charge < -0.3 is 10.1 Å². The molecule has 1 aromatic carbocycles. The average molecular weight is 256 g/mol. The van der Waals surface area contributed by atoms with Crippen molar-refractivity contribution in [3.05, 3.63) is 29.8 Å². The normalized spacial score (nSPS) is 9.76. The summed E-state index contributed by atoms with van der Waals surface area (Å²) in [6.07, 6.45) is 0.234. The van der Waals surface area contributed by atoms with Crippen LogP contribution in [0, 0.1) is 0 Å². The molecule has 0 atom stereocenters. The Morgan fingerprint density at radius 3 is 2.47 bits per heavy atom. The van der Waals surface area contributed by atoms with Crippen LogP contribution in [0.1, 0.15) is 12.5 Å². The molecule has 0 spiro atoms. The molecule has 0 heterocycles. The van der Waals surface area contributed by atoms with Gasteiger partial charge in [0.15, 0.2) is 0 Å². The van der Waals surface area contributed by atoms with E-state index in [9.17, 15) is 9.59 Å². The molecule has 5 heteroatoms. The summed E-state index contributed by atoms with van der Waals surface area (Å²) in [6.45, 7) is 2.14. The average Bonchev–Trinajstić information content (AvgIpc) is 2.32. The lowest BCUT2D eigenvalue weighted by atomic mass is 10.1. The molecule has 0 aromatic heterocycles. The minimum atomic E-state index is -0.259. The van der Waals surface area contributed by atoms with Crippen LogP contribution in [0.3, 0.4) is 0 Å². The van der Waals surface area contributed by atoms with Crippen LogP contribution >= 0.6 is 11.6 Å². The number of nitrogens with one attached hydrogen (secondary N) is 1. The molecule has 92 valence electrons. The first-order valence-electron chi connectivity index (χ1n) is 5.26. The summed E-state index contributed by atoms with van der Waals surface area (Å²) < 4.78 is 4.83. The van der Waals surface area contributed by atoms with Crippen molar-refractivity contribution >= 4 is 29.2 Å². The molecule has 17 heavy (non-hydrogen) atoms. The second-order valence-corrected chi connectivity index (χ2v) is 3.63. The standard InChI is InChI=1S/C12H14ClNO3/c1-2-17-12(16)7-9-3-5-10(6-4-9)14-11(15)8-13/h3-6H,2,7-8H2,1H3,(H,14,15). The lowest BCUT2D eigenvalue weighted by molar-refractivity contribution is -0.142. The van der Waals surface area contributed by atoms with E-state index in [1.165, 1.54) is 0 Å². The number of rotatable bonds is 5. The number of benzene rings is 1. The predicted octanol–water partition coefficient (Wildman–Crippen LogP) is 1.97. The fourth-order valence-corrected chi connectivity index (χ4v) is 1.35. The summed E-state index contributed by atoms with van der Waals surface area (Å²) in [7, 11) is 0. The Hall–Kier alpha value is -1.55. The molecule has 0 unspecified atom stereocenters. The highest BCUT2D eigenvalue weighted by atomic mass is 35.5. The Balaban J connectivity index is 2.55. The van der Waals surface area contributed by atoms with Gasteiger partial charge in [0, 0.05) is 5.69 Å². The second-order valence-electron chi connectivity index (χ2n) is 3.36. The maximum atomic E-state index is 11.2. The van der Waals surface area contributed by atoms with Crippen LogP contribution in [-0.2, 0) is 20.7 Å². The Bertz CT molecular complexity index is 389. The van der Waals surface area contributed by atoms with Gasteiger partial charge in [-0.05, 0) is 24.6 Å². The van der Waals surface area contributed by atoms with Gasteiger partial charge in [0.1, 0.15) is 5.88 Å². The molecule has 0 aliphatic rings. The Labute approximate surface area is 105 Å². The lowest BCUT2D eigenvalue weighted by Gasteiger charge is -2.05. The zero-order valence-corrected chi connectivity index (χ0v) is 10.3. The summed E-state index contributed by atoms with van der Waals surface area (Å²) in [5.74, 6) is -0.597. The van der Waals surface area contributed by atoms with Gasteiger partial charge in [0.2, 0.25) is 5.91 Å². The van der Waals surface area contributed by atoms with Crippen molar-refractivity contribution in [2.75, 3.05) is 17.8 Å². The molecule has 0 aliphatic heterocycles. The Morgan fingerprint density at radius 2 is 1.94 bits per heavy atom. The molecular weight excluding hydrogens is 242 g/mol. The number of anilines is 1. The number of esters is 1. The van der Waals surface area contributed by atoms with E-state index in [0.29, 0.717) is 12.3 Å². The smallest absolute Gasteiger partial charge is 0.310 e. The number of hydrogen-bond acceptors (Lipinski definition) is 3. The van der Waals surface area contributed by atoms with E-state index in [1.54, 1.807) is 31.2 Å². The fraction of sp³-hybridized carbons (Fsp3) is 0.333. The van der Waals surface area contributed by atoms with E-state index >= 15 is 0 Å². The van der Waals surface area contributed by atoms with Crippen molar-refractivity contribution in [3.63, 3.8) is 0 Å². The third-order valence-electron chi connectivity index (χ3n) is 2.01. The molecule has 0 radical (unpaired) electrons. The van der Waals surface area contributed by atoms with Crippen molar-refractivity contribution in [2.24, 2.45) is 0 Å². The molecule has 0 saturated carbocycles. The first-order valence-corrected chi connectivity index (χ1v) is 5.79. The van der Waals surface area contributed by atoms with Crippen molar-refractivity contribution in [1.82, 2.24) is 0 Å². The van der Waals surface area contributed by atoms with Crippen molar-refractivity contribution < 1.29 is 14.3 Å². The number of halogens is 1. The SMILES string of the molecule is CCOC(=O)Cc1ccc(NC(=O)CCl)cc1. The quantitative estimate of drug-likeness (QED) is 0.647. The number of carbonyl (C=O) groups is 2. The van der Waals surface area contributed by atoms with Crippen LogP contribution in [0.2, 0.25) is 0 Å². The van der Waals surface area contributed by atoms with Gasteiger partial charge >= 0.3 is 5.97 Å². The van der Waals surface area contributed by atoms with Crippen LogP contribution in [-0.4, -0.2) is 24.4 Å². The predicted molar refractivity (Wildman–Crippen MR) is 66.1 cm³/mol. The van der Waals surface area contributed by atoms with E-state index < -0.39 is 0 Å². The highest BCUT2D eigenvalue weighted by Gasteiger charge is 2.04. The highest BCUT2D eigenvalue weighted by Crippen LogP contribution is 2.10. The lowest BCUT2D eigenvalue weighted by Crippen LogP contribution is -2.12. The Kier molecular flexibility index (Phi) is 5.49. The van der Waals surface area contributed by atoms with Crippen molar-refractivity contribution in [1.29, 1.82) is 0 Å². The molecule has 0 aliphatic carbocycles. The zero-order valence-electron chi connectivity index (χ0n) is 9.53. The maximum absolute atomic E-state index is 11.2. The molecule has 0 saturated heterocycles. The minimum absolute atomic E-state index is 0.0788. The number of ether oxygens (including phenoxy) is 1. The monoisotopic (exact) mass is 255 g/mol. The topological polar surface area (TPSA) is 55.4 Å². The molecule has 0 bridgehead atoms. The molecular formula is C12H14ClNO3. The van der Waals surface area contributed by atoms with Crippen LogP contribution < -0.4 is 5.32 Å². The van der Waals surface area contributed by atoms with Gasteiger partial charge in [-0.1, -0.05) is 12.1 Å². The molecule has 1 amide bonds. The summed E-state index contributed by atoms with van der Waals surface area (Å²) in [4.78, 5) is 22.2. The van der Waals surface area contributed by atoms with E-state index in [-0.39, 0.29) is 24.2 Å². The summed E-state index contributed by atoms with van der Waals surface area (Å²) in [5.41, 5.74) is 1.50. The molecule has 4 nitrogen and oxygen atoms in total. The largest absolute Gasteiger partial charge is 0.466 e. The summed E-state index contributed by atoms with van der Waals surface area (Å²) >= 11 is 5.36. The van der Waals surface area contributed by atoms with Crippen LogP contribution in [0.4, 0.5) is 5.69 Å². The third-order valence-corrected chi connectivity index (χ3v) is 2.26. The fourth-order valence-electron chi connectivity index (χ4n) is 1.28. The van der Waals surface area contributed by atoms with E-state index in [2.05, 4.69) is 5.32 Å². The summed E-state index contributed by atoms with van der Waals surface area (Å²) in [5, 5.41) is 2.61. The molecule has 1 rings (SSSR count). The van der Waals surface area contributed by atoms with Gasteiger partial charge in [-0.15, -0.1) is 11.6 Å². The number of alkyl halides is 1. The van der Waals surface area contributed by atoms with E-state index in [4.69, 9.17) is 16.3 Å². The third kappa shape index (κ3) is 4.87. The number of amides is 1. The van der Waals surface area contributed by atoms with E-state index in [1.807, 2.05) is 0 Å². The van der Waals surface area contributed by atoms with Crippen LogP contribution in [0.25, 0.3) is 0 Å².